The van der Waals surface area contributed by atoms with Crippen molar-refractivity contribution in [1.82, 2.24) is 56.9 Å². The van der Waals surface area contributed by atoms with Gasteiger partial charge in [-0.25, -0.2) is 43.1 Å². The number of imidazole rings is 2. The summed E-state index contributed by atoms with van der Waals surface area (Å²) in [5, 5.41) is 8.87. The Morgan fingerprint density at radius 1 is 0.595 bits per heavy atom. The van der Waals surface area contributed by atoms with Crippen LogP contribution in [0.1, 0.15) is 74.3 Å². The van der Waals surface area contributed by atoms with E-state index in [0.717, 1.165) is 40.5 Å². The number of fused-ring (bicyclic) bond motifs is 2. The molecule has 0 fully saturated rings. The molecule has 416 valence electrons. The van der Waals surface area contributed by atoms with Crippen molar-refractivity contribution in [3.8, 4) is 22.8 Å². The van der Waals surface area contributed by atoms with Gasteiger partial charge in [0, 0.05) is 45.7 Å². The summed E-state index contributed by atoms with van der Waals surface area (Å²) in [5.41, 5.74) is 3.08. The van der Waals surface area contributed by atoms with E-state index in [1.165, 1.54) is 22.3 Å². The van der Waals surface area contributed by atoms with Gasteiger partial charge in [-0.05, 0) is 58.6 Å². The molecule has 0 atom stereocenters. The van der Waals surface area contributed by atoms with Gasteiger partial charge in [0.15, 0.2) is 52.1 Å². The van der Waals surface area contributed by atoms with Crippen LogP contribution in [0.15, 0.2) is 106 Å². The zero-order valence-corrected chi connectivity index (χ0v) is 45.3. The van der Waals surface area contributed by atoms with Crippen LogP contribution in [0.4, 0.5) is 9.59 Å². The van der Waals surface area contributed by atoms with Gasteiger partial charge in [0.25, 0.3) is 11.1 Å². The summed E-state index contributed by atoms with van der Waals surface area (Å²) in [6.45, 7) is 15.1. The van der Waals surface area contributed by atoms with Crippen LogP contribution in [-0.2, 0) is 64.8 Å². The molecule has 0 bridgehead atoms. The third-order valence-electron chi connectivity index (χ3n) is 12.6. The quantitative estimate of drug-likeness (QED) is 0.0827. The number of benzene rings is 2. The van der Waals surface area contributed by atoms with Crippen LogP contribution >= 0.6 is 0 Å². The molecule has 7 heterocycles. The topological polar surface area (TPSA) is 274 Å². The van der Waals surface area contributed by atoms with E-state index in [2.05, 4.69) is 26.2 Å². The van der Waals surface area contributed by atoms with Gasteiger partial charge in [-0.1, -0.05) is 73.5 Å². The molecule has 25 nitrogen and oxygen atoms in total. The highest BCUT2D eigenvalue weighted by Gasteiger charge is 2.29. The summed E-state index contributed by atoms with van der Waals surface area (Å²) >= 11 is 0. The number of nitrogens with zero attached hydrogens (tertiary/aromatic N) is 12. The summed E-state index contributed by atoms with van der Waals surface area (Å²) in [7, 11) is 1.57. The third-order valence-corrected chi connectivity index (χ3v) is 12.6. The lowest BCUT2D eigenvalue weighted by Crippen LogP contribution is -2.40. The molecular formula is C54H62N12O13. The van der Waals surface area contributed by atoms with Crippen LogP contribution in [0.2, 0.25) is 0 Å². The fourth-order valence-corrected chi connectivity index (χ4v) is 8.95. The van der Waals surface area contributed by atoms with Crippen molar-refractivity contribution in [3.63, 3.8) is 0 Å². The van der Waals surface area contributed by atoms with Crippen molar-refractivity contribution in [3.05, 3.63) is 159 Å². The molecule has 0 aliphatic rings. The Morgan fingerprint density at radius 2 is 1.08 bits per heavy atom. The van der Waals surface area contributed by atoms with Crippen molar-refractivity contribution in [1.29, 1.82) is 0 Å². The van der Waals surface area contributed by atoms with Gasteiger partial charge >= 0.3 is 29.4 Å². The van der Waals surface area contributed by atoms with Crippen molar-refractivity contribution in [2.24, 2.45) is 0 Å². The summed E-state index contributed by atoms with van der Waals surface area (Å²) in [6, 6.07) is 16.1. The van der Waals surface area contributed by atoms with E-state index in [4.69, 9.17) is 27.8 Å². The highest BCUT2D eigenvalue weighted by atomic mass is 16.6. The van der Waals surface area contributed by atoms with Crippen molar-refractivity contribution in [2.45, 2.75) is 107 Å². The van der Waals surface area contributed by atoms with Gasteiger partial charge in [0.1, 0.15) is 6.61 Å². The zero-order chi connectivity index (χ0) is 56.5. The molecule has 0 N–H and O–H groups in total. The van der Waals surface area contributed by atoms with Crippen LogP contribution in [0.5, 0.6) is 0 Å². The van der Waals surface area contributed by atoms with E-state index < -0.39 is 47.1 Å². The van der Waals surface area contributed by atoms with Crippen LogP contribution in [0.25, 0.3) is 45.1 Å². The lowest BCUT2D eigenvalue weighted by Gasteiger charge is -2.11. The molecule has 0 amide bonds. The molecule has 7 aromatic heterocycles. The minimum Gasteiger partial charge on any atom is -0.446 e. The highest BCUT2D eigenvalue weighted by molar-refractivity contribution is 5.91. The van der Waals surface area contributed by atoms with Crippen LogP contribution in [-0.4, -0.2) is 103 Å². The minimum absolute atomic E-state index is 0.0170. The van der Waals surface area contributed by atoms with Gasteiger partial charge < -0.3 is 27.8 Å². The molecule has 9 aromatic rings. The molecule has 79 heavy (non-hydrogen) atoms. The molecule has 0 aliphatic heterocycles. The van der Waals surface area contributed by atoms with E-state index in [1.807, 2.05) is 70.2 Å². The Hall–Kier alpha value is -8.97. The number of ether oxygens (including phenoxy) is 4. The van der Waals surface area contributed by atoms with Gasteiger partial charge in [-0.15, -0.1) is 0 Å². The highest BCUT2D eigenvalue weighted by Crippen LogP contribution is 2.26. The molecule has 0 aliphatic carbocycles. The maximum Gasteiger partial charge on any atom is 0.519 e. The van der Waals surface area contributed by atoms with E-state index in [1.54, 1.807) is 48.9 Å². The number of methoxy groups -OCH3 is 1. The summed E-state index contributed by atoms with van der Waals surface area (Å²) in [6.07, 6.45) is 5.91. The predicted octanol–water partition coefficient (Wildman–Crippen LogP) is 5.71. The van der Waals surface area contributed by atoms with E-state index in [0.29, 0.717) is 50.3 Å². The maximum atomic E-state index is 13.6. The minimum atomic E-state index is -0.950. The number of carbonyl (C=O) groups is 2. The van der Waals surface area contributed by atoms with Crippen LogP contribution in [0.3, 0.4) is 0 Å². The molecule has 25 heteroatoms. The number of rotatable bonds is 20. The SMILES string of the molecule is CCCn1c(=O)c2c(nc(-c3cnn(Cc4cccc(C)c4)c3)n2C(=O)OCCOCCOC)n(CC)c1=O.CCCn1c(=O)c2c(nc(-c3cnn(Cc4cccc(C)c4)c3)n2C(=O)OCc2oc(=O)oc2C)n(CC)c1=O. The van der Waals surface area contributed by atoms with Gasteiger partial charge in [0.05, 0.1) is 56.4 Å². The fourth-order valence-electron chi connectivity index (χ4n) is 8.95. The normalized spacial score (nSPS) is 11.4. The van der Waals surface area contributed by atoms with Crippen molar-refractivity contribution in [2.75, 3.05) is 33.5 Å². The third kappa shape index (κ3) is 12.1. The fraction of sp³-hybridized carbons (Fsp3) is 0.389. The first kappa shape index (κ1) is 56.2. The van der Waals surface area contributed by atoms with Gasteiger partial charge in [0.2, 0.25) is 0 Å². The van der Waals surface area contributed by atoms with E-state index in [-0.39, 0.29) is 84.9 Å². The Kier molecular flexibility index (Phi) is 17.8. The molecular weight excluding hydrogens is 1020 g/mol. The summed E-state index contributed by atoms with van der Waals surface area (Å²) < 4.78 is 41.5. The smallest absolute Gasteiger partial charge is 0.446 e. The Bertz CT molecular complexity index is 3970. The Balaban J connectivity index is 0.000000208. The summed E-state index contributed by atoms with van der Waals surface area (Å²) in [5.74, 6) is -0.486. The molecule has 0 unspecified atom stereocenters. The first-order valence-corrected chi connectivity index (χ1v) is 25.8. The number of aryl methyl sites for hydroxylation is 5. The predicted molar refractivity (Wildman–Crippen MR) is 288 cm³/mol. The zero-order valence-electron chi connectivity index (χ0n) is 45.3. The second kappa shape index (κ2) is 25.0. The molecule has 2 aromatic carbocycles. The summed E-state index contributed by atoms with van der Waals surface area (Å²) in [4.78, 5) is 101. The van der Waals surface area contributed by atoms with Crippen molar-refractivity contribution < 1.29 is 37.4 Å². The molecule has 9 rings (SSSR count). The number of hydrogen-bond acceptors (Lipinski definition) is 17. The molecule has 0 saturated carbocycles. The molecule has 0 spiro atoms. The lowest BCUT2D eigenvalue weighted by molar-refractivity contribution is 0.0426. The average Bonchev–Trinajstić information content (AvgIpc) is 4.46. The average molecular weight is 1090 g/mol. The molecule has 0 radical (unpaired) electrons. The van der Waals surface area contributed by atoms with Crippen molar-refractivity contribution >= 4 is 34.5 Å². The Labute approximate surface area is 450 Å². The number of aromatic nitrogens is 12. The largest absolute Gasteiger partial charge is 0.519 e. The first-order chi connectivity index (χ1) is 38.1. The monoisotopic (exact) mass is 1090 g/mol. The Morgan fingerprint density at radius 3 is 1.51 bits per heavy atom. The van der Waals surface area contributed by atoms with E-state index >= 15 is 0 Å². The van der Waals surface area contributed by atoms with Gasteiger partial charge in [-0.2, -0.15) is 10.2 Å². The standard InChI is InChI=1S/C27H28N6O7.C27H34N6O6/c1-5-10-32-24(34)21-23(31(6-2)25(32)35)29-22(33(21)26(36)38-15-20-17(4)39-27(37)40-20)19-12-28-30(14-19)13-18-9-7-8-16(3)11-18;1-5-10-32-25(34)22-24(31(6-2)26(32)35)29-23(33(22)27(36)39-14-13-38-12-11-37-4)21-16-28-30(18-21)17-20-9-7-8-19(3)15-20/h7-9,11-12,14H,5-6,10,13,15H2,1-4H3;7-9,15-16,18H,5-6,10-14,17H2,1-4H3. The molecule has 0 saturated heterocycles. The number of carbonyl (C=O) groups excluding carboxylic acids is 2. The first-order valence-electron chi connectivity index (χ1n) is 25.8. The second-order valence-corrected chi connectivity index (χ2v) is 18.4. The van der Waals surface area contributed by atoms with Gasteiger partial charge in [-0.3, -0.25) is 37.2 Å². The second-order valence-electron chi connectivity index (χ2n) is 18.4. The van der Waals surface area contributed by atoms with Crippen LogP contribution < -0.4 is 28.3 Å². The maximum absolute atomic E-state index is 13.6. The van der Waals surface area contributed by atoms with Crippen LogP contribution in [0, 0.1) is 20.8 Å². The lowest BCUT2D eigenvalue weighted by atomic mass is 10.1. The van der Waals surface area contributed by atoms with E-state index in [9.17, 15) is 33.6 Å². The number of hydrogen-bond donors (Lipinski definition) is 0.